The van der Waals surface area contributed by atoms with Gasteiger partial charge in [-0.15, -0.1) is 11.3 Å². The maximum Gasteiger partial charge on any atom is 0.112 e. The van der Waals surface area contributed by atoms with Crippen molar-refractivity contribution in [3.63, 3.8) is 0 Å². The van der Waals surface area contributed by atoms with Crippen LogP contribution in [0.4, 0.5) is 0 Å². The van der Waals surface area contributed by atoms with Gasteiger partial charge in [-0.25, -0.2) is 4.98 Å². The molecule has 0 fully saturated rings. The number of aliphatic hydroxyl groups excluding tert-OH is 1. The average molecular weight is 158 g/mol. The Bertz CT molecular complexity index is 211. The Labute approximate surface area is 63.5 Å². The van der Waals surface area contributed by atoms with Crippen LogP contribution >= 0.6 is 11.3 Å². The van der Waals surface area contributed by atoms with E-state index in [1.165, 1.54) is 11.3 Å². The van der Waals surface area contributed by atoms with E-state index in [9.17, 15) is 0 Å². The van der Waals surface area contributed by atoms with Crippen LogP contribution in [0.25, 0.3) is 0 Å². The predicted octanol–water partition coefficient (Wildman–Crippen LogP) is 0.444. The molecule has 10 heavy (non-hydrogen) atoms. The highest BCUT2D eigenvalue weighted by Gasteiger charge is 2.06. The van der Waals surface area contributed by atoms with Crippen LogP contribution in [0.2, 0.25) is 0 Å². The van der Waals surface area contributed by atoms with E-state index in [1.807, 2.05) is 6.92 Å². The second-order valence-corrected chi connectivity index (χ2v) is 3.36. The molecule has 3 N–H and O–H groups in total. The van der Waals surface area contributed by atoms with Gasteiger partial charge in [0.05, 0.1) is 12.6 Å². The minimum atomic E-state index is -0.307. The summed E-state index contributed by atoms with van der Waals surface area (Å²) < 4.78 is 0. The summed E-state index contributed by atoms with van der Waals surface area (Å²) in [6.07, 6.45) is 1.76. The van der Waals surface area contributed by atoms with Gasteiger partial charge in [0, 0.05) is 11.1 Å². The predicted molar refractivity (Wildman–Crippen MR) is 40.9 cm³/mol. The van der Waals surface area contributed by atoms with Crippen molar-refractivity contribution in [1.29, 1.82) is 0 Å². The minimum absolute atomic E-state index is 0.0348. The molecule has 0 unspecified atom stereocenters. The first-order chi connectivity index (χ1) is 4.74. The summed E-state index contributed by atoms with van der Waals surface area (Å²) in [5, 5.41) is 9.44. The summed E-state index contributed by atoms with van der Waals surface area (Å²) in [5.74, 6) is 0. The van der Waals surface area contributed by atoms with Gasteiger partial charge in [0.2, 0.25) is 0 Å². The molecule has 0 aliphatic heterocycles. The monoisotopic (exact) mass is 158 g/mol. The Morgan fingerprint density at radius 2 is 2.60 bits per heavy atom. The van der Waals surface area contributed by atoms with E-state index in [-0.39, 0.29) is 12.6 Å². The number of nitrogens with zero attached hydrogens (tertiary/aromatic N) is 1. The van der Waals surface area contributed by atoms with Crippen LogP contribution in [0.3, 0.4) is 0 Å². The molecule has 0 spiro atoms. The molecule has 56 valence electrons. The van der Waals surface area contributed by atoms with Crippen molar-refractivity contribution in [3.8, 4) is 0 Å². The Hall–Kier alpha value is -0.450. The van der Waals surface area contributed by atoms with Crippen LogP contribution < -0.4 is 5.73 Å². The van der Waals surface area contributed by atoms with Crippen molar-refractivity contribution < 1.29 is 5.11 Å². The smallest absolute Gasteiger partial charge is 0.112 e. The van der Waals surface area contributed by atoms with Gasteiger partial charge in [-0.05, 0) is 6.92 Å². The number of aliphatic hydroxyl groups is 1. The third-order valence-electron chi connectivity index (χ3n) is 1.15. The standard InChI is InChI=1S/C6H10N2OS/c1-4-2-8-6(10-4)5(7)3-9/h2,5,9H,3,7H2,1H3/t5-/m0/s1. The number of thiazole rings is 1. The quantitative estimate of drug-likeness (QED) is 0.656. The van der Waals surface area contributed by atoms with E-state index in [4.69, 9.17) is 10.8 Å². The Morgan fingerprint density at radius 3 is 3.00 bits per heavy atom. The number of nitrogens with two attached hydrogens (primary N) is 1. The number of hydrogen-bond acceptors (Lipinski definition) is 4. The van der Waals surface area contributed by atoms with Crippen LogP contribution in [0, 0.1) is 6.92 Å². The van der Waals surface area contributed by atoms with Gasteiger partial charge < -0.3 is 10.8 Å². The molecule has 0 aliphatic rings. The Morgan fingerprint density at radius 1 is 1.90 bits per heavy atom. The molecular formula is C6H10N2OS. The normalized spacial score (nSPS) is 13.5. The molecule has 1 heterocycles. The van der Waals surface area contributed by atoms with Crippen molar-refractivity contribution in [2.45, 2.75) is 13.0 Å². The van der Waals surface area contributed by atoms with Gasteiger partial charge in [-0.3, -0.25) is 0 Å². The first-order valence-corrected chi connectivity index (χ1v) is 3.84. The van der Waals surface area contributed by atoms with Crippen molar-refractivity contribution in [2.75, 3.05) is 6.61 Å². The van der Waals surface area contributed by atoms with Gasteiger partial charge in [-0.1, -0.05) is 0 Å². The molecule has 0 amide bonds. The van der Waals surface area contributed by atoms with Crippen molar-refractivity contribution in [1.82, 2.24) is 4.98 Å². The second kappa shape index (κ2) is 3.09. The molecule has 1 atom stereocenters. The highest BCUT2D eigenvalue weighted by molar-refractivity contribution is 7.11. The van der Waals surface area contributed by atoms with Crippen LogP contribution in [-0.2, 0) is 0 Å². The molecule has 0 radical (unpaired) electrons. The maximum absolute atomic E-state index is 8.64. The van der Waals surface area contributed by atoms with Gasteiger partial charge >= 0.3 is 0 Å². The lowest BCUT2D eigenvalue weighted by Gasteiger charge is -2.00. The summed E-state index contributed by atoms with van der Waals surface area (Å²) in [6.45, 7) is 1.93. The number of hydrogen-bond donors (Lipinski definition) is 2. The number of aryl methyl sites for hydroxylation is 1. The maximum atomic E-state index is 8.64. The molecule has 3 nitrogen and oxygen atoms in total. The average Bonchev–Trinajstić information content (AvgIpc) is 2.34. The lowest BCUT2D eigenvalue weighted by atomic mass is 10.4. The molecule has 0 aliphatic carbocycles. The zero-order valence-corrected chi connectivity index (χ0v) is 6.56. The Kier molecular flexibility index (Phi) is 2.37. The molecule has 1 aromatic heterocycles. The molecule has 0 aromatic carbocycles. The molecular weight excluding hydrogens is 148 g/mol. The molecule has 0 saturated heterocycles. The molecule has 0 bridgehead atoms. The van der Waals surface area contributed by atoms with Gasteiger partial charge in [0.25, 0.3) is 0 Å². The lowest BCUT2D eigenvalue weighted by Crippen LogP contribution is -2.13. The number of aromatic nitrogens is 1. The first kappa shape index (κ1) is 7.65. The second-order valence-electron chi connectivity index (χ2n) is 2.10. The van der Waals surface area contributed by atoms with E-state index in [1.54, 1.807) is 6.20 Å². The third-order valence-corrected chi connectivity index (χ3v) is 2.20. The van der Waals surface area contributed by atoms with Crippen molar-refractivity contribution >= 4 is 11.3 Å². The van der Waals surface area contributed by atoms with E-state index in [0.29, 0.717) is 0 Å². The summed E-state index contributed by atoms with van der Waals surface area (Å²) in [6, 6.07) is -0.307. The summed E-state index contributed by atoms with van der Waals surface area (Å²) in [5.41, 5.74) is 5.51. The topological polar surface area (TPSA) is 59.1 Å². The Balaban J connectivity index is 2.74. The summed E-state index contributed by atoms with van der Waals surface area (Å²) in [7, 11) is 0. The van der Waals surface area contributed by atoms with Crippen LogP contribution in [0.1, 0.15) is 15.9 Å². The first-order valence-electron chi connectivity index (χ1n) is 3.03. The molecule has 4 heteroatoms. The fraction of sp³-hybridized carbons (Fsp3) is 0.500. The highest BCUT2D eigenvalue weighted by atomic mass is 32.1. The third kappa shape index (κ3) is 1.53. The molecule has 1 aromatic rings. The van der Waals surface area contributed by atoms with E-state index in [2.05, 4.69) is 4.98 Å². The summed E-state index contributed by atoms with van der Waals surface area (Å²) >= 11 is 1.52. The fourth-order valence-electron chi connectivity index (χ4n) is 0.622. The lowest BCUT2D eigenvalue weighted by molar-refractivity contribution is 0.267. The van der Waals surface area contributed by atoms with Crippen LogP contribution in [0.15, 0.2) is 6.20 Å². The van der Waals surface area contributed by atoms with Crippen molar-refractivity contribution in [2.24, 2.45) is 5.73 Å². The van der Waals surface area contributed by atoms with Gasteiger partial charge in [-0.2, -0.15) is 0 Å². The van der Waals surface area contributed by atoms with Gasteiger partial charge in [0.1, 0.15) is 5.01 Å². The van der Waals surface area contributed by atoms with E-state index < -0.39 is 0 Å². The minimum Gasteiger partial charge on any atom is -0.394 e. The largest absolute Gasteiger partial charge is 0.394 e. The fourth-order valence-corrected chi connectivity index (χ4v) is 1.39. The highest BCUT2D eigenvalue weighted by Crippen LogP contribution is 2.16. The van der Waals surface area contributed by atoms with E-state index >= 15 is 0 Å². The SMILES string of the molecule is Cc1cnc([C@@H](N)CO)s1. The van der Waals surface area contributed by atoms with Crippen molar-refractivity contribution in [3.05, 3.63) is 16.1 Å². The van der Waals surface area contributed by atoms with E-state index in [0.717, 1.165) is 9.88 Å². The molecule has 1 rings (SSSR count). The zero-order valence-electron chi connectivity index (χ0n) is 5.74. The number of rotatable bonds is 2. The zero-order chi connectivity index (χ0) is 7.56. The summed E-state index contributed by atoms with van der Waals surface area (Å²) in [4.78, 5) is 5.14. The molecule has 0 saturated carbocycles. The van der Waals surface area contributed by atoms with Crippen LogP contribution in [-0.4, -0.2) is 16.7 Å². The van der Waals surface area contributed by atoms with Gasteiger partial charge in [0.15, 0.2) is 0 Å². The van der Waals surface area contributed by atoms with Crippen LogP contribution in [0.5, 0.6) is 0 Å².